The molecule has 0 radical (unpaired) electrons. The van der Waals surface area contributed by atoms with Gasteiger partial charge in [0.25, 0.3) is 0 Å². The first-order chi connectivity index (χ1) is 8.70. The lowest BCUT2D eigenvalue weighted by Gasteiger charge is -2.33. The standard InChI is InChI=1S/C12H18ClN5/c1-8-6-9(7-8)14-11-15-10(13)16-12(17-11)18-4-2-3-5-18/h8-9H,2-7H2,1H3,(H,14,15,16,17). The number of anilines is 2. The van der Waals surface area contributed by atoms with E-state index in [0.29, 0.717) is 17.9 Å². The maximum absolute atomic E-state index is 5.97. The van der Waals surface area contributed by atoms with Crippen LogP contribution in [0.3, 0.4) is 0 Å². The van der Waals surface area contributed by atoms with Crippen LogP contribution in [0.1, 0.15) is 32.6 Å². The Labute approximate surface area is 112 Å². The Balaban J connectivity index is 1.73. The predicted octanol–water partition coefficient (Wildman–Crippen LogP) is 2.34. The van der Waals surface area contributed by atoms with Crippen molar-refractivity contribution in [3.63, 3.8) is 0 Å². The van der Waals surface area contributed by atoms with Crippen LogP contribution in [0.5, 0.6) is 0 Å². The van der Waals surface area contributed by atoms with Crippen molar-refractivity contribution in [1.82, 2.24) is 15.0 Å². The number of rotatable bonds is 3. The van der Waals surface area contributed by atoms with Gasteiger partial charge in [0, 0.05) is 19.1 Å². The second-order valence-electron chi connectivity index (χ2n) is 5.34. The highest BCUT2D eigenvalue weighted by atomic mass is 35.5. The number of nitrogens with one attached hydrogen (secondary N) is 1. The summed E-state index contributed by atoms with van der Waals surface area (Å²) in [5.74, 6) is 2.13. The average molecular weight is 268 g/mol. The first kappa shape index (κ1) is 12.0. The maximum atomic E-state index is 5.97. The van der Waals surface area contributed by atoms with Gasteiger partial charge in [0.2, 0.25) is 17.2 Å². The van der Waals surface area contributed by atoms with Crippen molar-refractivity contribution in [2.75, 3.05) is 23.3 Å². The number of hydrogen-bond donors (Lipinski definition) is 1. The van der Waals surface area contributed by atoms with E-state index in [1.54, 1.807) is 0 Å². The molecule has 0 bridgehead atoms. The van der Waals surface area contributed by atoms with Crippen LogP contribution in [0.15, 0.2) is 0 Å². The van der Waals surface area contributed by atoms with E-state index in [-0.39, 0.29) is 5.28 Å². The summed E-state index contributed by atoms with van der Waals surface area (Å²) >= 11 is 5.97. The zero-order valence-electron chi connectivity index (χ0n) is 10.6. The fourth-order valence-electron chi connectivity index (χ4n) is 2.67. The SMILES string of the molecule is CC1CC(Nc2nc(Cl)nc(N3CCCC3)n2)C1. The third-order valence-electron chi connectivity index (χ3n) is 3.69. The molecule has 1 aromatic rings. The summed E-state index contributed by atoms with van der Waals surface area (Å²) in [6, 6.07) is 0.491. The summed E-state index contributed by atoms with van der Waals surface area (Å²) in [5, 5.41) is 3.62. The van der Waals surface area contributed by atoms with Gasteiger partial charge >= 0.3 is 0 Å². The van der Waals surface area contributed by atoms with E-state index in [9.17, 15) is 0 Å². The van der Waals surface area contributed by atoms with Gasteiger partial charge in [0.05, 0.1) is 0 Å². The minimum atomic E-state index is 0.279. The quantitative estimate of drug-likeness (QED) is 0.911. The summed E-state index contributed by atoms with van der Waals surface area (Å²) in [5.41, 5.74) is 0. The Morgan fingerprint density at radius 2 is 1.89 bits per heavy atom. The average Bonchev–Trinajstić information content (AvgIpc) is 2.79. The summed E-state index contributed by atoms with van der Waals surface area (Å²) in [6.45, 7) is 4.29. The van der Waals surface area contributed by atoms with Gasteiger partial charge < -0.3 is 10.2 Å². The van der Waals surface area contributed by atoms with Crippen molar-refractivity contribution in [2.24, 2.45) is 5.92 Å². The van der Waals surface area contributed by atoms with Crippen LogP contribution in [0.2, 0.25) is 5.28 Å². The van der Waals surface area contributed by atoms with E-state index in [2.05, 4.69) is 32.1 Å². The van der Waals surface area contributed by atoms with E-state index in [0.717, 1.165) is 19.0 Å². The second-order valence-corrected chi connectivity index (χ2v) is 5.68. The molecule has 98 valence electrons. The molecule has 2 fully saturated rings. The molecule has 0 unspecified atom stereocenters. The van der Waals surface area contributed by atoms with Gasteiger partial charge in [0.15, 0.2) is 0 Å². The van der Waals surface area contributed by atoms with Crippen molar-refractivity contribution < 1.29 is 0 Å². The third kappa shape index (κ3) is 2.51. The first-order valence-corrected chi connectivity index (χ1v) is 7.01. The topological polar surface area (TPSA) is 53.9 Å². The number of nitrogens with zero attached hydrogens (tertiary/aromatic N) is 4. The fourth-order valence-corrected chi connectivity index (χ4v) is 2.82. The Bertz CT molecular complexity index is 426. The largest absolute Gasteiger partial charge is 0.351 e. The van der Waals surface area contributed by atoms with Crippen LogP contribution < -0.4 is 10.2 Å². The van der Waals surface area contributed by atoms with Gasteiger partial charge in [0.1, 0.15) is 0 Å². The second kappa shape index (κ2) is 4.88. The Hall–Kier alpha value is -1.10. The minimum Gasteiger partial charge on any atom is -0.351 e. The van der Waals surface area contributed by atoms with Crippen LogP contribution in [0.25, 0.3) is 0 Å². The van der Waals surface area contributed by atoms with Crippen molar-refractivity contribution in [3.8, 4) is 0 Å². The molecule has 0 amide bonds. The van der Waals surface area contributed by atoms with Crippen molar-refractivity contribution in [3.05, 3.63) is 5.28 Å². The molecule has 1 N–H and O–H groups in total. The van der Waals surface area contributed by atoms with Gasteiger partial charge in [-0.15, -0.1) is 0 Å². The number of hydrogen-bond acceptors (Lipinski definition) is 5. The lowest BCUT2D eigenvalue weighted by atomic mass is 9.82. The molecule has 5 nitrogen and oxygen atoms in total. The summed E-state index contributed by atoms with van der Waals surface area (Å²) < 4.78 is 0. The zero-order chi connectivity index (χ0) is 12.5. The highest BCUT2D eigenvalue weighted by Gasteiger charge is 2.26. The molecule has 18 heavy (non-hydrogen) atoms. The van der Waals surface area contributed by atoms with Gasteiger partial charge in [-0.05, 0) is 43.2 Å². The van der Waals surface area contributed by atoms with Crippen LogP contribution in [-0.2, 0) is 0 Å². The molecule has 1 saturated heterocycles. The van der Waals surface area contributed by atoms with E-state index >= 15 is 0 Å². The lowest BCUT2D eigenvalue weighted by Crippen LogP contribution is -2.34. The summed E-state index contributed by atoms with van der Waals surface area (Å²) in [4.78, 5) is 15.0. The van der Waals surface area contributed by atoms with E-state index in [1.807, 2.05) is 0 Å². The first-order valence-electron chi connectivity index (χ1n) is 6.64. The van der Waals surface area contributed by atoms with Crippen molar-refractivity contribution >= 4 is 23.5 Å². The zero-order valence-corrected chi connectivity index (χ0v) is 11.3. The van der Waals surface area contributed by atoms with Gasteiger partial charge in [-0.2, -0.15) is 15.0 Å². The predicted molar refractivity (Wildman–Crippen MR) is 72.1 cm³/mol. The molecular weight excluding hydrogens is 250 g/mol. The van der Waals surface area contributed by atoms with Gasteiger partial charge in [-0.1, -0.05) is 6.92 Å². The van der Waals surface area contributed by atoms with E-state index in [4.69, 9.17) is 11.6 Å². The minimum absolute atomic E-state index is 0.279. The number of aromatic nitrogens is 3. The Morgan fingerprint density at radius 1 is 1.17 bits per heavy atom. The molecule has 0 aromatic carbocycles. The van der Waals surface area contributed by atoms with Crippen LogP contribution >= 0.6 is 11.6 Å². The molecule has 0 spiro atoms. The maximum Gasteiger partial charge on any atom is 0.231 e. The lowest BCUT2D eigenvalue weighted by molar-refractivity contribution is 0.308. The molecule has 6 heteroatoms. The van der Waals surface area contributed by atoms with Crippen molar-refractivity contribution in [1.29, 1.82) is 0 Å². The molecule has 2 aliphatic rings. The molecule has 1 aromatic heterocycles. The molecule has 3 rings (SSSR count). The molecule has 2 heterocycles. The number of halogens is 1. The van der Waals surface area contributed by atoms with Crippen LogP contribution in [0, 0.1) is 5.92 Å². The van der Waals surface area contributed by atoms with E-state index in [1.165, 1.54) is 25.7 Å². The van der Waals surface area contributed by atoms with Crippen LogP contribution in [-0.4, -0.2) is 34.1 Å². The summed E-state index contributed by atoms with van der Waals surface area (Å²) in [7, 11) is 0. The smallest absolute Gasteiger partial charge is 0.231 e. The highest BCUT2D eigenvalue weighted by molar-refractivity contribution is 6.28. The molecule has 1 saturated carbocycles. The van der Waals surface area contributed by atoms with Gasteiger partial charge in [-0.3, -0.25) is 0 Å². The van der Waals surface area contributed by atoms with Crippen LogP contribution in [0.4, 0.5) is 11.9 Å². The molecule has 1 aliphatic heterocycles. The van der Waals surface area contributed by atoms with Crippen molar-refractivity contribution in [2.45, 2.75) is 38.6 Å². The normalized spacial score (nSPS) is 27.1. The fraction of sp³-hybridized carbons (Fsp3) is 0.750. The molecule has 1 aliphatic carbocycles. The monoisotopic (exact) mass is 267 g/mol. The Kier molecular flexibility index (Phi) is 3.24. The highest BCUT2D eigenvalue weighted by Crippen LogP contribution is 2.29. The van der Waals surface area contributed by atoms with E-state index < -0.39 is 0 Å². The van der Waals surface area contributed by atoms with Gasteiger partial charge in [-0.25, -0.2) is 0 Å². The molecule has 0 atom stereocenters. The molecular formula is C12H18ClN5. The summed E-state index contributed by atoms with van der Waals surface area (Å²) in [6.07, 6.45) is 4.77. The third-order valence-corrected chi connectivity index (χ3v) is 3.86. The Morgan fingerprint density at radius 3 is 2.56 bits per heavy atom.